The van der Waals surface area contributed by atoms with Gasteiger partial charge < -0.3 is 15.7 Å². The number of carbonyl (C=O) groups is 1. The van der Waals surface area contributed by atoms with Crippen molar-refractivity contribution in [3.05, 3.63) is 0 Å². The third kappa shape index (κ3) is 5.50. The molecule has 0 aromatic carbocycles. The lowest BCUT2D eigenvalue weighted by Crippen LogP contribution is -2.40. The van der Waals surface area contributed by atoms with Gasteiger partial charge in [-0.2, -0.15) is 0 Å². The Morgan fingerprint density at radius 1 is 1.41 bits per heavy atom. The number of nitrogens with two attached hydrogens (primary N) is 1. The van der Waals surface area contributed by atoms with Crippen LogP contribution in [0.25, 0.3) is 0 Å². The Balaban J connectivity index is 2.26. The first-order chi connectivity index (χ1) is 7.92. The van der Waals surface area contributed by atoms with E-state index in [1.165, 1.54) is 0 Å². The molecule has 1 saturated heterocycles. The fraction of sp³-hybridized carbons (Fsp3) is 0.923. The Hall–Kier alpha value is -0.610. The topological polar surface area (TPSA) is 66.6 Å². The van der Waals surface area contributed by atoms with E-state index in [4.69, 9.17) is 10.8 Å². The number of hydrogen-bond donors (Lipinski definition) is 2. The first kappa shape index (κ1) is 14.5. The molecule has 1 aliphatic heterocycles. The quantitative estimate of drug-likeness (QED) is 0.759. The number of rotatable bonds is 5. The van der Waals surface area contributed by atoms with Crippen LogP contribution < -0.4 is 5.73 Å². The number of piperidine rings is 1. The average Bonchev–Trinajstić information content (AvgIpc) is 2.26. The zero-order chi connectivity index (χ0) is 12.9. The highest BCUT2D eigenvalue weighted by Gasteiger charge is 2.23. The van der Waals surface area contributed by atoms with Crippen molar-refractivity contribution in [2.75, 3.05) is 19.7 Å². The van der Waals surface area contributed by atoms with Gasteiger partial charge in [-0.15, -0.1) is 0 Å². The Kier molecular flexibility index (Phi) is 5.40. The van der Waals surface area contributed by atoms with Gasteiger partial charge >= 0.3 is 0 Å². The van der Waals surface area contributed by atoms with Crippen LogP contribution in [0.1, 0.15) is 46.0 Å². The number of hydrogen-bond acceptors (Lipinski definition) is 3. The van der Waals surface area contributed by atoms with E-state index in [0.29, 0.717) is 12.3 Å². The molecular weight excluding hydrogens is 216 g/mol. The highest BCUT2D eigenvalue weighted by Crippen LogP contribution is 2.21. The third-order valence-electron chi connectivity index (χ3n) is 3.49. The van der Waals surface area contributed by atoms with Crippen LogP contribution in [0.4, 0.5) is 0 Å². The van der Waals surface area contributed by atoms with Crippen molar-refractivity contribution in [3.63, 3.8) is 0 Å². The van der Waals surface area contributed by atoms with Gasteiger partial charge in [0, 0.05) is 31.7 Å². The van der Waals surface area contributed by atoms with Gasteiger partial charge in [-0.05, 0) is 45.4 Å². The average molecular weight is 242 g/mol. The molecule has 1 heterocycles. The summed E-state index contributed by atoms with van der Waals surface area (Å²) >= 11 is 0. The van der Waals surface area contributed by atoms with E-state index >= 15 is 0 Å². The summed E-state index contributed by atoms with van der Waals surface area (Å²) in [5.41, 5.74) is 5.62. The molecule has 0 aromatic heterocycles. The van der Waals surface area contributed by atoms with Gasteiger partial charge in [0.25, 0.3) is 0 Å². The first-order valence-corrected chi connectivity index (χ1v) is 6.60. The van der Waals surface area contributed by atoms with E-state index in [1.54, 1.807) is 0 Å². The van der Waals surface area contributed by atoms with Crippen LogP contribution in [-0.4, -0.2) is 41.1 Å². The van der Waals surface area contributed by atoms with Gasteiger partial charge in [0.15, 0.2) is 0 Å². The summed E-state index contributed by atoms with van der Waals surface area (Å²) in [4.78, 5) is 13.9. The number of likely N-dealkylation sites (tertiary alicyclic amines) is 1. The molecule has 1 amide bonds. The second-order valence-electron chi connectivity index (χ2n) is 5.83. The lowest BCUT2D eigenvalue weighted by atomic mass is 9.93. The normalized spacial score (nSPS) is 18.5. The molecule has 1 rings (SSSR count). The van der Waals surface area contributed by atoms with E-state index in [-0.39, 0.29) is 18.1 Å². The predicted molar refractivity (Wildman–Crippen MR) is 68.5 cm³/mol. The van der Waals surface area contributed by atoms with Gasteiger partial charge in [0.2, 0.25) is 5.91 Å². The summed E-state index contributed by atoms with van der Waals surface area (Å²) in [6, 6.07) is 0. The summed E-state index contributed by atoms with van der Waals surface area (Å²) in [6.45, 7) is 5.85. The monoisotopic (exact) mass is 242 g/mol. The number of amides is 1. The smallest absolute Gasteiger partial charge is 0.222 e. The van der Waals surface area contributed by atoms with E-state index in [2.05, 4.69) is 0 Å². The van der Waals surface area contributed by atoms with E-state index in [0.717, 1.165) is 38.8 Å². The highest BCUT2D eigenvalue weighted by molar-refractivity contribution is 5.76. The lowest BCUT2D eigenvalue weighted by Gasteiger charge is -2.32. The van der Waals surface area contributed by atoms with Crippen molar-refractivity contribution in [2.24, 2.45) is 11.7 Å². The van der Waals surface area contributed by atoms with Gasteiger partial charge in [-0.3, -0.25) is 4.79 Å². The molecule has 0 spiro atoms. The Morgan fingerprint density at radius 2 is 2.00 bits per heavy atom. The van der Waals surface area contributed by atoms with Gasteiger partial charge in [-0.1, -0.05) is 0 Å². The molecule has 3 N–H and O–H groups in total. The summed E-state index contributed by atoms with van der Waals surface area (Å²) in [7, 11) is 0. The molecule has 100 valence electrons. The number of aliphatic hydroxyl groups excluding tert-OH is 1. The molecule has 0 radical (unpaired) electrons. The Morgan fingerprint density at radius 3 is 2.47 bits per heavy atom. The standard InChI is InChI=1S/C13H26N2O2/c1-13(2,14)7-3-12(17)15-8-4-11(5-9-15)6-10-16/h11,16H,3-10,14H2,1-2H3. The minimum Gasteiger partial charge on any atom is -0.396 e. The van der Waals surface area contributed by atoms with Crippen LogP contribution in [-0.2, 0) is 4.79 Å². The molecule has 4 nitrogen and oxygen atoms in total. The molecule has 4 heteroatoms. The van der Waals surface area contributed by atoms with Crippen LogP contribution in [0.5, 0.6) is 0 Å². The van der Waals surface area contributed by atoms with Crippen molar-refractivity contribution < 1.29 is 9.90 Å². The molecule has 0 saturated carbocycles. The maximum absolute atomic E-state index is 11.9. The molecule has 0 unspecified atom stereocenters. The SMILES string of the molecule is CC(C)(N)CCC(=O)N1CCC(CCO)CC1. The highest BCUT2D eigenvalue weighted by atomic mass is 16.3. The molecule has 0 bridgehead atoms. The van der Waals surface area contributed by atoms with Crippen molar-refractivity contribution in [1.29, 1.82) is 0 Å². The molecule has 0 aromatic rings. The van der Waals surface area contributed by atoms with Crippen molar-refractivity contribution >= 4 is 5.91 Å². The largest absolute Gasteiger partial charge is 0.396 e. The number of carbonyl (C=O) groups excluding carboxylic acids is 1. The summed E-state index contributed by atoms with van der Waals surface area (Å²) < 4.78 is 0. The van der Waals surface area contributed by atoms with Crippen LogP contribution in [0.15, 0.2) is 0 Å². The lowest BCUT2D eigenvalue weighted by molar-refractivity contribution is -0.133. The first-order valence-electron chi connectivity index (χ1n) is 6.60. The molecule has 1 aliphatic rings. The van der Waals surface area contributed by atoms with E-state index in [1.807, 2.05) is 18.7 Å². The molecule has 0 aliphatic carbocycles. The van der Waals surface area contributed by atoms with Gasteiger partial charge in [-0.25, -0.2) is 0 Å². The van der Waals surface area contributed by atoms with Gasteiger partial charge in [0.05, 0.1) is 0 Å². The Labute approximate surface area is 104 Å². The summed E-state index contributed by atoms with van der Waals surface area (Å²) in [5, 5.41) is 8.87. The molecule has 1 fully saturated rings. The van der Waals surface area contributed by atoms with Crippen molar-refractivity contribution in [3.8, 4) is 0 Å². The Bertz CT molecular complexity index is 240. The minimum absolute atomic E-state index is 0.228. The number of aliphatic hydroxyl groups is 1. The summed E-state index contributed by atoms with van der Waals surface area (Å²) in [5.74, 6) is 0.820. The van der Waals surface area contributed by atoms with Crippen LogP contribution in [0.3, 0.4) is 0 Å². The van der Waals surface area contributed by atoms with Crippen LogP contribution in [0.2, 0.25) is 0 Å². The maximum Gasteiger partial charge on any atom is 0.222 e. The third-order valence-corrected chi connectivity index (χ3v) is 3.49. The molecular formula is C13H26N2O2. The van der Waals surface area contributed by atoms with E-state index < -0.39 is 0 Å². The van der Waals surface area contributed by atoms with Crippen molar-refractivity contribution in [1.82, 2.24) is 4.90 Å². The minimum atomic E-state index is -0.259. The predicted octanol–water partition coefficient (Wildman–Crippen LogP) is 1.12. The second-order valence-corrected chi connectivity index (χ2v) is 5.83. The fourth-order valence-corrected chi connectivity index (χ4v) is 2.24. The van der Waals surface area contributed by atoms with Crippen LogP contribution in [0, 0.1) is 5.92 Å². The van der Waals surface area contributed by atoms with Crippen molar-refractivity contribution in [2.45, 2.75) is 51.5 Å². The summed E-state index contributed by atoms with van der Waals surface area (Å²) in [6.07, 6.45) is 4.21. The second kappa shape index (κ2) is 6.36. The number of nitrogens with zero attached hydrogens (tertiary/aromatic N) is 1. The maximum atomic E-state index is 11.9. The van der Waals surface area contributed by atoms with Gasteiger partial charge in [0.1, 0.15) is 0 Å². The van der Waals surface area contributed by atoms with E-state index in [9.17, 15) is 4.79 Å². The zero-order valence-corrected chi connectivity index (χ0v) is 11.1. The fourth-order valence-electron chi connectivity index (χ4n) is 2.24. The molecule has 0 atom stereocenters. The molecule has 17 heavy (non-hydrogen) atoms. The van der Waals surface area contributed by atoms with Crippen LogP contribution >= 0.6 is 0 Å². The zero-order valence-electron chi connectivity index (χ0n) is 11.1.